The molecule has 0 atom stereocenters. The number of pyridine rings is 6. The summed E-state index contributed by atoms with van der Waals surface area (Å²) in [6.07, 6.45) is 20.3. The number of H-pyrrole nitrogens is 4. The third-order valence-corrected chi connectivity index (χ3v) is 26.1. The molecule has 6 aliphatic heterocycles. The summed E-state index contributed by atoms with van der Waals surface area (Å²) in [5, 5.41) is 34.9. The van der Waals surface area contributed by atoms with Gasteiger partial charge in [0.25, 0.3) is 0 Å². The van der Waals surface area contributed by atoms with Crippen molar-refractivity contribution in [1.29, 1.82) is 0 Å². The Balaban J connectivity index is 0.000000112. The molecule has 33 heteroatoms. The molecule has 750 valence electrons. The topological polar surface area (TPSA) is 345 Å². The molecule has 6 aromatic carbocycles. The van der Waals surface area contributed by atoms with Gasteiger partial charge in [0, 0.05) is 209 Å². The van der Waals surface area contributed by atoms with Crippen LogP contribution in [0.4, 0.5) is 46.4 Å². The van der Waals surface area contributed by atoms with Crippen LogP contribution < -0.4 is 62.9 Å². The third-order valence-electron chi connectivity index (χ3n) is 26.1. The molecule has 0 bridgehead atoms. The van der Waals surface area contributed by atoms with E-state index < -0.39 is 0 Å². The van der Waals surface area contributed by atoms with Crippen LogP contribution in [0.5, 0.6) is 28.7 Å². The zero-order valence-corrected chi connectivity index (χ0v) is 84.8. The molecular weight excluding hydrogens is 1850 g/mol. The number of aliphatic imine (C=N–C) groups is 1. The largest absolute Gasteiger partial charge is 0.491 e. The van der Waals surface area contributed by atoms with Crippen LogP contribution >= 0.6 is 0 Å². The van der Waals surface area contributed by atoms with E-state index in [4.69, 9.17) is 33.1 Å². The number of anilines is 8. The first-order chi connectivity index (χ1) is 71.7. The molecule has 0 unspecified atom stereocenters. The first-order valence-electron chi connectivity index (χ1n) is 50.7. The van der Waals surface area contributed by atoms with Gasteiger partial charge in [-0.2, -0.15) is 20.4 Å². The van der Waals surface area contributed by atoms with Gasteiger partial charge >= 0.3 is 0 Å². The number of benzene rings is 6. The van der Waals surface area contributed by atoms with E-state index in [0.717, 1.165) is 276 Å². The number of aromatic nitrogens is 17. The second-order valence-corrected chi connectivity index (χ2v) is 38.4. The van der Waals surface area contributed by atoms with Crippen LogP contribution in [0.25, 0.3) is 88.6 Å². The minimum absolute atomic E-state index is 0.0651. The van der Waals surface area contributed by atoms with Crippen molar-refractivity contribution in [1.82, 2.24) is 85.6 Å². The minimum atomic E-state index is 0.0651. The van der Waals surface area contributed by atoms with E-state index in [9.17, 15) is 4.79 Å². The fraction of sp³-hybridized carbons (Fsp3) is 0.307. The number of hydrogen-bond donors (Lipinski definition) is 4. The summed E-state index contributed by atoms with van der Waals surface area (Å²) in [4.78, 5) is 75.7. The number of aryl methyl sites for hydroxylation is 1. The van der Waals surface area contributed by atoms with Crippen molar-refractivity contribution in [2.45, 2.75) is 139 Å². The molecule has 1 amide bonds. The third kappa shape index (κ3) is 23.2. The highest BCUT2D eigenvalue weighted by Gasteiger charge is 2.31. The SMILES string of the molecule is CC(C)Oc1ccc2[nH]nc(-c3ccnc(N4CCCC4)c3)c2c1.CC(C)Oc1ccc2[nH]nc(-c3ccnc(N4CCN(c5ccccc5)C(=O)C4)c3)c2c1.CC(C)Oc1ccc2[nH]nc(-c3ccnc(N4CCN(c5ccccn5)CC4)c3)c2c1.CC(C)Oc1ccc2[nH]nc(-c3ccnc(N4CCN(c5cnccn5)CC4)c3)c2c1.Cc1nc2c(o1)CN(c1cc(C3=NCc4ccc(OC(C)C)cc43)ccn1)CC2. The van der Waals surface area contributed by atoms with Gasteiger partial charge in [-0.25, -0.2) is 39.9 Å². The molecule has 0 radical (unpaired) electrons. The van der Waals surface area contributed by atoms with Crippen LogP contribution in [-0.2, 0) is 24.3 Å². The van der Waals surface area contributed by atoms with Crippen molar-refractivity contribution in [3.8, 4) is 73.8 Å². The van der Waals surface area contributed by atoms with Crippen molar-refractivity contribution >= 4 is 102 Å². The van der Waals surface area contributed by atoms with Gasteiger partial charge in [0.05, 0.1) is 89.8 Å². The molecule has 24 rings (SSSR count). The van der Waals surface area contributed by atoms with Crippen LogP contribution in [0, 0.1) is 6.92 Å². The Hall–Kier alpha value is -16.9. The van der Waals surface area contributed by atoms with Crippen molar-refractivity contribution < 1.29 is 32.9 Å². The number of amides is 1. The lowest BCUT2D eigenvalue weighted by Crippen LogP contribution is -2.50. The standard InChI is InChI=1S/C25H25N5O2.C24H26N6O.C23H25N7O.C23H24N4O2.C19H22N4O/c1-17(2)32-20-8-9-22-21(15-20)25(28-27-22)18-10-11-26-23(14-18)29-12-13-30(24(31)16-29)19-6-4-3-5-7-19;1-17(2)31-19-6-7-21-20(16-19)24(28-27-21)18-8-10-26-23(15-18)30-13-11-29(12-14-30)22-5-3-4-9-25-22;1-16(2)31-18-3-4-20-19(14-18)23(28-27-20)17-5-6-25-21(13-17)29-9-11-30(12-10-29)22-15-24-7-8-26-22;1-14(2)28-18-5-4-17-12-25-23(19(17)11-18)16-6-8-24-22(10-16)27-9-7-20-21(13-27)29-15(3)26-20;1-13(2)24-15-5-6-17-16(12-15)19(22-21-17)14-7-8-20-18(11-14)23-9-3-4-10-23/h3-11,14-15,17H,12-13,16H2,1-2H3,(H,27,28);3-10,15-17H,11-14H2,1-2H3,(H,27,28);3-8,13-16H,9-12H2,1-2H3,(H,27,28);4-6,8,10-11,14H,7,9,12-13H2,1-3H3;5-8,11-13H,3-4,9-10H2,1-2H3,(H,21,22). The number of ether oxygens (including phenoxy) is 5. The zero-order valence-electron chi connectivity index (χ0n) is 84.8. The highest BCUT2D eigenvalue weighted by molar-refractivity contribution is 6.15. The van der Waals surface area contributed by atoms with Crippen molar-refractivity contribution in [2.24, 2.45) is 4.99 Å². The summed E-state index contributed by atoms with van der Waals surface area (Å²) in [6, 6.07) is 66.7. The minimum Gasteiger partial charge on any atom is -0.491 e. The molecule has 147 heavy (non-hydrogen) atoms. The van der Waals surface area contributed by atoms with E-state index in [-0.39, 0.29) is 36.4 Å². The summed E-state index contributed by atoms with van der Waals surface area (Å²) in [5.74, 6) is 12.6. The fourth-order valence-corrected chi connectivity index (χ4v) is 19.2. The first kappa shape index (κ1) is 97.6. The van der Waals surface area contributed by atoms with E-state index in [1.54, 1.807) is 18.6 Å². The number of piperazine rings is 3. The molecule has 0 aliphatic carbocycles. The molecule has 0 spiro atoms. The Bertz CT molecular complexity index is 7410. The van der Waals surface area contributed by atoms with E-state index in [1.807, 2.05) is 269 Å². The van der Waals surface area contributed by atoms with Gasteiger partial charge in [0.1, 0.15) is 98.0 Å². The number of oxazole rings is 1. The number of nitrogens with one attached hydrogen (secondary N) is 4. The summed E-state index contributed by atoms with van der Waals surface area (Å²) >= 11 is 0. The number of rotatable bonds is 23. The van der Waals surface area contributed by atoms with Gasteiger partial charge in [-0.1, -0.05) is 30.3 Å². The highest BCUT2D eigenvalue weighted by Crippen LogP contribution is 2.40. The van der Waals surface area contributed by atoms with Crippen LogP contribution in [0.1, 0.15) is 116 Å². The van der Waals surface area contributed by atoms with Gasteiger partial charge in [-0.3, -0.25) is 35.2 Å². The monoisotopic (exact) mass is 1970 g/mol. The maximum Gasteiger partial charge on any atom is 0.246 e. The zero-order chi connectivity index (χ0) is 101. The summed E-state index contributed by atoms with van der Waals surface area (Å²) in [7, 11) is 0. The van der Waals surface area contributed by atoms with Gasteiger partial charge < -0.3 is 67.3 Å². The number of aromatic amines is 4. The lowest BCUT2D eigenvalue weighted by Gasteiger charge is -2.36. The Kier molecular flexibility index (Phi) is 29.6. The van der Waals surface area contributed by atoms with Crippen LogP contribution in [0.15, 0.2) is 265 Å². The van der Waals surface area contributed by atoms with Crippen molar-refractivity contribution in [3.63, 3.8) is 0 Å². The van der Waals surface area contributed by atoms with E-state index in [1.165, 1.54) is 18.4 Å². The predicted molar refractivity (Wildman–Crippen MR) is 580 cm³/mol. The highest BCUT2D eigenvalue weighted by atomic mass is 16.5. The first-order valence-corrected chi connectivity index (χ1v) is 50.7. The van der Waals surface area contributed by atoms with Crippen molar-refractivity contribution in [2.75, 3.05) is 131 Å². The molecule has 33 nitrogen and oxygen atoms in total. The Labute approximate surface area is 853 Å². The number of carbonyl (C=O) groups is 1. The second kappa shape index (κ2) is 44.6. The molecule has 4 N–H and O–H groups in total. The van der Waals surface area contributed by atoms with Crippen LogP contribution in [-0.4, -0.2) is 219 Å². The Morgan fingerprint density at radius 3 is 1.13 bits per heavy atom. The Morgan fingerprint density at radius 2 is 0.707 bits per heavy atom. The van der Waals surface area contributed by atoms with Crippen LogP contribution in [0.2, 0.25) is 0 Å². The molecule has 4 saturated heterocycles. The molecule has 12 aromatic heterocycles. The lowest BCUT2D eigenvalue weighted by molar-refractivity contribution is -0.117. The summed E-state index contributed by atoms with van der Waals surface area (Å²) in [6.45, 7) is 35.4. The Morgan fingerprint density at radius 1 is 0.333 bits per heavy atom. The van der Waals surface area contributed by atoms with Gasteiger partial charge in [-0.05, 0) is 258 Å². The van der Waals surface area contributed by atoms with Gasteiger partial charge in [-0.15, -0.1) is 0 Å². The molecule has 0 saturated carbocycles. The molecule has 18 aromatic rings. The fourth-order valence-electron chi connectivity index (χ4n) is 19.2. The number of hydrogen-bond acceptors (Lipinski definition) is 28. The maximum absolute atomic E-state index is 12.8. The summed E-state index contributed by atoms with van der Waals surface area (Å²) in [5.41, 5.74) is 18.1. The smallest absolute Gasteiger partial charge is 0.246 e. The lowest BCUT2D eigenvalue weighted by atomic mass is 10.00. The number of nitrogens with zero attached hydrogens (tertiary/aromatic N) is 22. The average Bonchev–Trinajstić information content (AvgIpc) is 1.72. The van der Waals surface area contributed by atoms with E-state index in [0.29, 0.717) is 32.7 Å². The maximum atomic E-state index is 12.8. The second-order valence-electron chi connectivity index (χ2n) is 38.4. The molecule has 18 heterocycles. The average molecular weight is 1970 g/mol. The summed E-state index contributed by atoms with van der Waals surface area (Å²) < 4.78 is 35.1. The molecule has 4 fully saturated rings. The number of para-hydroxylation sites is 1. The van der Waals surface area contributed by atoms with Gasteiger partial charge in [0.2, 0.25) is 5.91 Å². The quantitative estimate of drug-likeness (QED) is 0.0462. The normalized spacial score (nSPS) is 14.6. The van der Waals surface area contributed by atoms with Gasteiger partial charge in [0.15, 0.2) is 5.89 Å². The molecular formula is C114H122N26O7. The van der Waals surface area contributed by atoms with Crippen LogP contribution in [0.3, 0.4) is 0 Å². The number of carbonyl (C=O) groups excluding carboxylic acids is 1. The van der Waals surface area contributed by atoms with Crippen molar-refractivity contribution in [3.05, 3.63) is 290 Å². The van der Waals surface area contributed by atoms with E-state index in [2.05, 4.69) is 170 Å². The predicted octanol–water partition coefficient (Wildman–Crippen LogP) is 20.0. The molecule has 6 aliphatic rings. The van der Waals surface area contributed by atoms with E-state index >= 15 is 0 Å². The number of fused-ring (bicyclic) bond motifs is 6.